The highest BCUT2D eigenvalue weighted by Gasteiger charge is 2.52. The Labute approximate surface area is 205 Å². The molecule has 0 atom stereocenters. The van der Waals surface area contributed by atoms with Crippen LogP contribution in [0.3, 0.4) is 0 Å². The van der Waals surface area contributed by atoms with Gasteiger partial charge in [-0.05, 0) is 104 Å². The summed E-state index contributed by atoms with van der Waals surface area (Å²) < 4.78 is 6.40. The van der Waals surface area contributed by atoms with Crippen molar-refractivity contribution in [2.24, 2.45) is 5.41 Å². The lowest BCUT2D eigenvalue weighted by molar-refractivity contribution is -0.156. The lowest BCUT2D eigenvalue weighted by Gasteiger charge is -2.51. The predicted octanol–water partition coefficient (Wildman–Crippen LogP) is 7.14. The number of carboxylic acids is 1. The van der Waals surface area contributed by atoms with Gasteiger partial charge in [-0.25, -0.2) is 0 Å². The number of nitrogens with one attached hydrogen (secondary N) is 1. The lowest BCUT2D eigenvalue weighted by atomic mass is 9.57. The van der Waals surface area contributed by atoms with Crippen LogP contribution in [-0.2, 0) is 11.3 Å². The summed E-state index contributed by atoms with van der Waals surface area (Å²) in [5.41, 5.74) is 1.91. The van der Waals surface area contributed by atoms with Gasteiger partial charge in [0.25, 0.3) is 0 Å². The van der Waals surface area contributed by atoms with Gasteiger partial charge in [0.05, 0.1) is 11.5 Å². The Morgan fingerprint density at radius 3 is 2.18 bits per heavy atom. The third-order valence-corrected chi connectivity index (χ3v) is 12.5. The Morgan fingerprint density at radius 1 is 0.941 bits per heavy atom. The van der Waals surface area contributed by atoms with Crippen LogP contribution in [-0.4, -0.2) is 30.8 Å². The molecule has 2 aromatic rings. The minimum absolute atomic E-state index is 0.123. The molecule has 4 aliphatic carbocycles. The summed E-state index contributed by atoms with van der Waals surface area (Å²) in [5, 5.41) is 15.9. The van der Waals surface area contributed by atoms with Crippen LogP contribution >= 0.6 is 0 Å². The van der Waals surface area contributed by atoms with Crippen LogP contribution in [0.15, 0.2) is 36.4 Å². The molecular formula is C29H41NO3Si. The fourth-order valence-electron chi connectivity index (χ4n) is 6.76. The van der Waals surface area contributed by atoms with Crippen molar-refractivity contribution in [3.05, 3.63) is 42.0 Å². The number of ether oxygens (including phenoxy) is 1. The maximum absolute atomic E-state index is 11.7. The second-order valence-corrected chi connectivity index (χ2v) is 18.1. The molecule has 0 heterocycles. The van der Waals surface area contributed by atoms with Crippen LogP contribution in [0.5, 0.6) is 5.75 Å². The zero-order chi connectivity index (χ0) is 24.0. The molecule has 5 heteroatoms. The molecule has 0 unspecified atom stereocenters. The molecule has 4 aliphatic rings. The molecule has 2 N–H and O–H groups in total. The quantitative estimate of drug-likeness (QED) is 0.414. The van der Waals surface area contributed by atoms with Gasteiger partial charge in [0, 0.05) is 20.2 Å². The van der Waals surface area contributed by atoms with Crippen molar-refractivity contribution in [3.63, 3.8) is 0 Å². The van der Waals surface area contributed by atoms with Gasteiger partial charge in [0.15, 0.2) is 0 Å². The molecule has 0 aliphatic heterocycles. The molecule has 4 nitrogen and oxygen atoms in total. The summed E-state index contributed by atoms with van der Waals surface area (Å²) in [5.74, 6) is 0.415. The number of aliphatic carboxylic acids is 1. The van der Waals surface area contributed by atoms with Crippen molar-refractivity contribution < 1.29 is 14.6 Å². The molecule has 0 radical (unpaired) electrons. The summed E-state index contributed by atoms with van der Waals surface area (Å²) >= 11 is 0. The van der Waals surface area contributed by atoms with Gasteiger partial charge in [-0.15, -0.1) is 0 Å². The Balaban J connectivity index is 1.18. The zero-order valence-electron chi connectivity index (χ0n) is 21.2. The molecule has 6 rings (SSSR count). The molecule has 2 bridgehead atoms. The molecule has 0 amide bonds. The molecule has 0 spiro atoms. The lowest BCUT2D eigenvalue weighted by Crippen LogP contribution is -2.56. The monoisotopic (exact) mass is 479 g/mol. The molecule has 4 saturated carbocycles. The van der Waals surface area contributed by atoms with Gasteiger partial charge in [0.2, 0.25) is 0 Å². The van der Waals surface area contributed by atoms with Gasteiger partial charge in [-0.2, -0.15) is 0 Å². The van der Waals surface area contributed by atoms with E-state index in [-0.39, 0.29) is 5.54 Å². The Bertz CT molecular complexity index is 1030. The van der Waals surface area contributed by atoms with E-state index in [1.54, 1.807) is 0 Å². The summed E-state index contributed by atoms with van der Waals surface area (Å²) in [6.07, 6.45) is 10.8. The standard InChI is InChI=1S/C29H41NO3Si/c1-34(2,3)26-10-8-24(9-11-26)33-25-7-6-22-18-21(4-5-23(22)19-25)20-30-29-15-12-28(13-16-29,14-17-29)27(31)32/h4-7,18-19,24,26,30H,8-17,20H2,1-3H3,(H,31,32)/t24-,26-,28?,29?. The van der Waals surface area contributed by atoms with Crippen molar-refractivity contribution in [1.29, 1.82) is 0 Å². The summed E-state index contributed by atoms with van der Waals surface area (Å²) in [6.45, 7) is 8.34. The van der Waals surface area contributed by atoms with Crippen molar-refractivity contribution in [2.45, 2.75) is 108 Å². The Kier molecular flexibility index (Phi) is 6.30. The number of hydrogen-bond acceptors (Lipinski definition) is 3. The van der Waals surface area contributed by atoms with E-state index in [2.05, 4.69) is 61.4 Å². The van der Waals surface area contributed by atoms with Crippen LogP contribution < -0.4 is 10.1 Å². The van der Waals surface area contributed by atoms with Crippen LogP contribution in [0.2, 0.25) is 25.2 Å². The van der Waals surface area contributed by atoms with Gasteiger partial charge in [-0.1, -0.05) is 37.8 Å². The van der Waals surface area contributed by atoms with E-state index in [1.165, 1.54) is 42.0 Å². The largest absolute Gasteiger partial charge is 0.490 e. The van der Waals surface area contributed by atoms with Crippen molar-refractivity contribution >= 4 is 24.8 Å². The van der Waals surface area contributed by atoms with Crippen molar-refractivity contribution in [3.8, 4) is 5.75 Å². The Morgan fingerprint density at radius 2 is 1.56 bits per heavy atom. The number of fused-ring (bicyclic) bond motifs is 4. The second-order valence-electron chi connectivity index (χ2n) is 12.5. The highest BCUT2D eigenvalue weighted by molar-refractivity contribution is 6.77. The van der Waals surface area contributed by atoms with E-state index < -0.39 is 19.5 Å². The number of hydrogen-bond donors (Lipinski definition) is 2. The normalized spacial score (nSPS) is 31.5. The first-order chi connectivity index (χ1) is 16.2. The van der Waals surface area contributed by atoms with Crippen LogP contribution in [0.1, 0.15) is 69.8 Å². The van der Waals surface area contributed by atoms with Crippen LogP contribution in [0.25, 0.3) is 10.8 Å². The number of rotatable bonds is 7. The van der Waals surface area contributed by atoms with Crippen LogP contribution in [0, 0.1) is 5.41 Å². The molecule has 2 aromatic carbocycles. The average Bonchev–Trinajstić information content (AvgIpc) is 2.83. The van der Waals surface area contributed by atoms with E-state index in [0.29, 0.717) is 6.10 Å². The van der Waals surface area contributed by atoms with Crippen LogP contribution in [0.4, 0.5) is 0 Å². The maximum atomic E-state index is 11.7. The third-order valence-electron chi connectivity index (χ3n) is 9.45. The molecular weight excluding hydrogens is 438 g/mol. The highest BCUT2D eigenvalue weighted by atomic mass is 28.3. The summed E-state index contributed by atoms with van der Waals surface area (Å²) in [7, 11) is -1.04. The van der Waals surface area contributed by atoms with E-state index in [9.17, 15) is 9.90 Å². The average molecular weight is 480 g/mol. The first kappa shape index (κ1) is 23.9. The van der Waals surface area contributed by atoms with Gasteiger partial charge in [0.1, 0.15) is 5.75 Å². The van der Waals surface area contributed by atoms with E-state index in [0.717, 1.165) is 56.4 Å². The van der Waals surface area contributed by atoms with Crippen molar-refractivity contribution in [1.82, 2.24) is 5.32 Å². The minimum atomic E-state index is -1.04. The van der Waals surface area contributed by atoms with E-state index in [4.69, 9.17) is 4.74 Å². The fourth-order valence-corrected chi connectivity index (χ4v) is 8.82. The summed E-state index contributed by atoms with van der Waals surface area (Å²) in [4.78, 5) is 11.7. The smallest absolute Gasteiger partial charge is 0.309 e. The number of benzene rings is 2. The molecule has 184 valence electrons. The minimum Gasteiger partial charge on any atom is -0.490 e. The first-order valence-electron chi connectivity index (χ1n) is 13.3. The topological polar surface area (TPSA) is 58.6 Å². The van der Waals surface area contributed by atoms with Crippen molar-refractivity contribution in [2.75, 3.05) is 0 Å². The SMILES string of the molecule is C[Si](C)(C)[C@H]1CC[C@H](Oc2ccc3cc(CNC45CCC(C(=O)O)(CC4)CC5)ccc3c2)CC1. The van der Waals surface area contributed by atoms with E-state index >= 15 is 0 Å². The third kappa shape index (κ3) is 4.79. The maximum Gasteiger partial charge on any atom is 0.309 e. The molecule has 0 aromatic heterocycles. The fraction of sp³-hybridized carbons (Fsp3) is 0.621. The molecule has 0 saturated heterocycles. The molecule has 4 fully saturated rings. The predicted molar refractivity (Wildman–Crippen MR) is 141 cm³/mol. The summed E-state index contributed by atoms with van der Waals surface area (Å²) in [6, 6.07) is 13.3. The van der Waals surface area contributed by atoms with Gasteiger partial charge < -0.3 is 15.2 Å². The number of carbonyl (C=O) groups is 1. The molecule has 34 heavy (non-hydrogen) atoms. The number of carboxylic acid groups (broad SMARTS) is 1. The zero-order valence-corrected chi connectivity index (χ0v) is 22.2. The van der Waals surface area contributed by atoms with E-state index in [1.807, 2.05) is 0 Å². The highest BCUT2D eigenvalue weighted by Crippen LogP contribution is 2.52. The van der Waals surface area contributed by atoms with Gasteiger partial charge >= 0.3 is 5.97 Å². The Hall–Kier alpha value is -1.85. The first-order valence-corrected chi connectivity index (χ1v) is 16.9. The van der Waals surface area contributed by atoms with Gasteiger partial charge in [-0.3, -0.25) is 4.79 Å². The second kappa shape index (κ2) is 8.98.